The zero-order chi connectivity index (χ0) is 14.8. The molecule has 0 radical (unpaired) electrons. The van der Waals surface area contributed by atoms with Crippen LogP contribution in [0.4, 0.5) is 5.95 Å². The second kappa shape index (κ2) is 5.97. The van der Waals surface area contributed by atoms with Crippen LogP contribution >= 0.6 is 11.6 Å². The van der Waals surface area contributed by atoms with E-state index in [0.29, 0.717) is 11.6 Å². The smallest absolute Gasteiger partial charge is 0.245 e. The minimum absolute atomic E-state index is 0.0320. The van der Waals surface area contributed by atoms with Crippen LogP contribution < -0.4 is 10.6 Å². The van der Waals surface area contributed by atoms with Crippen molar-refractivity contribution in [2.75, 3.05) is 24.5 Å². The molecule has 0 spiro atoms. The van der Waals surface area contributed by atoms with Gasteiger partial charge in [0, 0.05) is 19.3 Å². The number of hydrogen-bond donors (Lipinski definition) is 1. The van der Waals surface area contributed by atoms with Crippen molar-refractivity contribution in [3.63, 3.8) is 0 Å². The predicted octanol–water partition coefficient (Wildman–Crippen LogP) is 2.58. The van der Waals surface area contributed by atoms with Crippen molar-refractivity contribution in [3.05, 3.63) is 23.4 Å². The first kappa shape index (κ1) is 15.1. The van der Waals surface area contributed by atoms with Crippen molar-refractivity contribution in [2.24, 2.45) is 11.1 Å². The highest BCUT2D eigenvalue weighted by atomic mass is 35.5. The average Bonchev–Trinajstić information content (AvgIpc) is 2.81. The number of halogens is 1. The zero-order valence-electron chi connectivity index (χ0n) is 12.3. The fraction of sp³-hybridized carbons (Fsp3) is 0.571. The zero-order valence-corrected chi connectivity index (χ0v) is 13.1. The van der Waals surface area contributed by atoms with Crippen molar-refractivity contribution in [3.8, 4) is 0 Å². The lowest BCUT2D eigenvalue weighted by Gasteiger charge is -2.30. The van der Waals surface area contributed by atoms with Crippen LogP contribution in [0.3, 0.4) is 0 Å². The van der Waals surface area contributed by atoms with Crippen LogP contribution in [0.5, 0.6) is 0 Å². The van der Waals surface area contributed by atoms with E-state index in [-0.39, 0.29) is 5.41 Å². The minimum atomic E-state index is 0.0320. The Bertz CT molecular complexity index is 578. The molecule has 0 unspecified atom stereocenters. The third-order valence-corrected chi connectivity index (χ3v) is 3.46. The van der Waals surface area contributed by atoms with E-state index >= 15 is 0 Å². The molecule has 0 fully saturated rings. The molecular weight excluding hydrogens is 274 g/mol. The summed E-state index contributed by atoms with van der Waals surface area (Å²) in [4.78, 5) is 6.76. The lowest BCUT2D eigenvalue weighted by atomic mass is 9.93. The number of aromatic nitrogens is 3. The first-order valence-corrected chi connectivity index (χ1v) is 7.30. The average molecular weight is 296 g/mol. The first-order valence-electron chi connectivity index (χ1n) is 6.92. The lowest BCUT2D eigenvalue weighted by Crippen LogP contribution is -2.39. The molecule has 0 aliphatic carbocycles. The highest BCUT2D eigenvalue weighted by Gasteiger charge is 2.22. The molecule has 2 N–H and O–H groups in total. The first-order chi connectivity index (χ1) is 9.45. The van der Waals surface area contributed by atoms with Gasteiger partial charge in [0.05, 0.1) is 5.02 Å². The SMILES string of the molecule is CCCN(CC(C)(C)CN)c1nc2ccc(Cl)cn2n1. The van der Waals surface area contributed by atoms with Crippen molar-refractivity contribution in [1.82, 2.24) is 14.6 Å². The molecule has 110 valence electrons. The maximum absolute atomic E-state index is 5.98. The standard InChI is InChI=1S/C14H22ClN5/c1-4-7-19(10-14(2,3)9-16)13-17-12-6-5-11(15)8-20(12)18-13/h5-6,8H,4,7,9-10,16H2,1-3H3. The number of pyridine rings is 1. The van der Waals surface area contributed by atoms with Gasteiger partial charge in [0.15, 0.2) is 5.65 Å². The maximum atomic E-state index is 5.98. The van der Waals surface area contributed by atoms with Crippen molar-refractivity contribution >= 4 is 23.2 Å². The molecule has 2 heterocycles. The van der Waals surface area contributed by atoms with Crippen LogP contribution in [0.25, 0.3) is 5.65 Å². The van der Waals surface area contributed by atoms with Crippen LogP contribution in [-0.4, -0.2) is 34.2 Å². The molecule has 6 heteroatoms. The molecule has 0 aliphatic heterocycles. The number of anilines is 1. The van der Waals surface area contributed by atoms with Gasteiger partial charge in [0.25, 0.3) is 0 Å². The molecule has 5 nitrogen and oxygen atoms in total. The van der Waals surface area contributed by atoms with Gasteiger partial charge in [0.1, 0.15) is 0 Å². The number of hydrogen-bond acceptors (Lipinski definition) is 4. The molecule has 0 bridgehead atoms. The highest BCUT2D eigenvalue weighted by molar-refractivity contribution is 6.30. The normalized spacial score (nSPS) is 12.1. The molecule has 0 amide bonds. The summed E-state index contributed by atoms with van der Waals surface area (Å²) < 4.78 is 1.72. The molecule has 0 saturated carbocycles. The molecule has 0 atom stereocenters. The van der Waals surface area contributed by atoms with Crippen LogP contribution in [0.15, 0.2) is 18.3 Å². The Labute approximate surface area is 124 Å². The maximum Gasteiger partial charge on any atom is 0.245 e. The molecular formula is C14H22ClN5. The molecule has 0 aromatic carbocycles. The monoisotopic (exact) mass is 295 g/mol. The van der Waals surface area contributed by atoms with Gasteiger partial charge in [0.2, 0.25) is 5.95 Å². The van der Waals surface area contributed by atoms with Crippen LogP contribution in [0, 0.1) is 5.41 Å². The third kappa shape index (κ3) is 3.41. The number of nitrogens with zero attached hydrogens (tertiary/aromatic N) is 4. The third-order valence-electron chi connectivity index (χ3n) is 3.23. The summed E-state index contributed by atoms with van der Waals surface area (Å²) in [5.41, 5.74) is 6.67. The fourth-order valence-corrected chi connectivity index (χ4v) is 2.24. The van der Waals surface area contributed by atoms with E-state index in [9.17, 15) is 0 Å². The summed E-state index contributed by atoms with van der Waals surface area (Å²) in [5.74, 6) is 0.732. The molecule has 2 aromatic heterocycles. The van der Waals surface area contributed by atoms with Gasteiger partial charge in [-0.25, -0.2) is 4.52 Å². The van der Waals surface area contributed by atoms with Gasteiger partial charge in [-0.05, 0) is 30.5 Å². The number of fused-ring (bicyclic) bond motifs is 1. The van der Waals surface area contributed by atoms with Crippen molar-refractivity contribution < 1.29 is 0 Å². The second-order valence-corrected chi connectivity index (χ2v) is 6.29. The molecule has 0 aliphatic rings. The highest BCUT2D eigenvalue weighted by Crippen LogP contribution is 2.20. The Balaban J connectivity index is 2.31. The summed E-state index contributed by atoms with van der Waals surface area (Å²) in [5, 5.41) is 5.17. The van der Waals surface area contributed by atoms with E-state index in [1.165, 1.54) is 0 Å². The quantitative estimate of drug-likeness (QED) is 0.890. The van der Waals surface area contributed by atoms with Gasteiger partial charge in [-0.15, -0.1) is 5.10 Å². The van der Waals surface area contributed by atoms with Crippen molar-refractivity contribution in [1.29, 1.82) is 0 Å². The van der Waals surface area contributed by atoms with Gasteiger partial charge < -0.3 is 10.6 Å². The summed E-state index contributed by atoms with van der Waals surface area (Å²) in [6.07, 6.45) is 2.81. The topological polar surface area (TPSA) is 59.5 Å². The summed E-state index contributed by atoms with van der Waals surface area (Å²) >= 11 is 5.98. The molecule has 2 aromatic rings. The summed E-state index contributed by atoms with van der Waals surface area (Å²) in [6, 6.07) is 3.69. The predicted molar refractivity (Wildman–Crippen MR) is 83.3 cm³/mol. The van der Waals surface area contributed by atoms with E-state index in [2.05, 4.69) is 35.8 Å². The van der Waals surface area contributed by atoms with E-state index in [0.717, 1.165) is 31.1 Å². The van der Waals surface area contributed by atoms with Crippen molar-refractivity contribution in [2.45, 2.75) is 27.2 Å². The van der Waals surface area contributed by atoms with Gasteiger partial charge in [-0.2, -0.15) is 4.98 Å². The molecule has 0 saturated heterocycles. The van der Waals surface area contributed by atoms with Crippen LogP contribution in [-0.2, 0) is 0 Å². The Morgan fingerprint density at radius 3 is 2.80 bits per heavy atom. The Morgan fingerprint density at radius 1 is 1.40 bits per heavy atom. The molecule has 2 rings (SSSR count). The van der Waals surface area contributed by atoms with Gasteiger partial charge >= 0.3 is 0 Å². The van der Waals surface area contributed by atoms with Gasteiger partial charge in [-0.1, -0.05) is 32.4 Å². The summed E-state index contributed by atoms with van der Waals surface area (Å²) in [6.45, 7) is 8.84. The van der Waals surface area contributed by atoms with Gasteiger partial charge in [-0.3, -0.25) is 0 Å². The number of nitrogens with two attached hydrogens (primary N) is 1. The summed E-state index contributed by atoms with van der Waals surface area (Å²) in [7, 11) is 0. The lowest BCUT2D eigenvalue weighted by molar-refractivity contribution is 0.375. The Hall–Kier alpha value is -1.33. The Morgan fingerprint density at radius 2 is 2.15 bits per heavy atom. The van der Waals surface area contributed by atoms with E-state index in [1.54, 1.807) is 10.7 Å². The van der Waals surface area contributed by atoms with Crippen LogP contribution in [0.1, 0.15) is 27.2 Å². The van der Waals surface area contributed by atoms with Crippen LogP contribution in [0.2, 0.25) is 5.02 Å². The number of rotatable bonds is 6. The molecule has 20 heavy (non-hydrogen) atoms. The van der Waals surface area contributed by atoms with E-state index in [4.69, 9.17) is 17.3 Å². The largest absolute Gasteiger partial charge is 0.339 e. The minimum Gasteiger partial charge on any atom is -0.339 e. The second-order valence-electron chi connectivity index (χ2n) is 5.85. The Kier molecular flexibility index (Phi) is 4.50. The van der Waals surface area contributed by atoms with E-state index < -0.39 is 0 Å². The van der Waals surface area contributed by atoms with E-state index in [1.807, 2.05) is 12.1 Å². The fourth-order valence-electron chi connectivity index (χ4n) is 2.08.